The van der Waals surface area contributed by atoms with Gasteiger partial charge >= 0.3 is 0 Å². The molecule has 1 amide bonds. The molecule has 3 N–H and O–H groups in total. The topological polar surface area (TPSA) is 70.5 Å². The highest BCUT2D eigenvalue weighted by Gasteiger charge is 2.09. The molecule has 0 aliphatic carbocycles. The van der Waals surface area contributed by atoms with E-state index >= 15 is 0 Å². The summed E-state index contributed by atoms with van der Waals surface area (Å²) in [7, 11) is 1.83. The molecule has 0 radical (unpaired) electrons. The Labute approximate surface area is 197 Å². The third kappa shape index (κ3) is 8.39. The first-order chi connectivity index (χ1) is 13.4. The second-order valence-electron chi connectivity index (χ2n) is 6.11. The molecule has 1 heterocycles. The summed E-state index contributed by atoms with van der Waals surface area (Å²) in [6, 6.07) is 7.68. The first kappa shape index (κ1) is 25.5. The molecule has 0 atom stereocenters. The molecule has 0 spiro atoms. The van der Waals surface area contributed by atoms with E-state index in [0.717, 1.165) is 11.3 Å². The van der Waals surface area contributed by atoms with Crippen LogP contribution in [0.3, 0.4) is 0 Å². The molecule has 0 aliphatic heterocycles. The predicted molar refractivity (Wildman–Crippen MR) is 127 cm³/mol. The Morgan fingerprint density at radius 1 is 1.14 bits per heavy atom. The molecule has 2 aromatic rings. The van der Waals surface area contributed by atoms with Crippen LogP contribution in [0.25, 0.3) is 0 Å². The number of nitrogens with one attached hydrogen (secondary N) is 3. The van der Waals surface area contributed by atoms with E-state index in [-0.39, 0.29) is 42.1 Å². The summed E-state index contributed by atoms with van der Waals surface area (Å²) >= 11 is 12.1. The van der Waals surface area contributed by atoms with Gasteiger partial charge in [0.05, 0.1) is 18.0 Å². The van der Waals surface area contributed by atoms with E-state index in [9.17, 15) is 9.18 Å². The van der Waals surface area contributed by atoms with Gasteiger partial charge in [-0.25, -0.2) is 9.38 Å². The van der Waals surface area contributed by atoms with Crippen molar-refractivity contribution >= 4 is 59.0 Å². The van der Waals surface area contributed by atoms with E-state index in [2.05, 4.69) is 20.9 Å². The minimum atomic E-state index is -0.316. The van der Waals surface area contributed by atoms with Gasteiger partial charge in [0.1, 0.15) is 11.0 Å². The highest BCUT2D eigenvalue weighted by atomic mass is 127. The SMILES string of the molecule is CCNC(=NCc1cc(Cl)c(Cl)n1C)NCCNC(=O)Cc1ccc(F)cc1.I. The van der Waals surface area contributed by atoms with Gasteiger partial charge in [0.15, 0.2) is 5.96 Å². The van der Waals surface area contributed by atoms with Gasteiger partial charge in [0, 0.05) is 32.4 Å². The zero-order valence-electron chi connectivity index (χ0n) is 16.3. The number of guanidine groups is 1. The summed E-state index contributed by atoms with van der Waals surface area (Å²) < 4.78 is 14.7. The lowest BCUT2D eigenvalue weighted by atomic mass is 10.1. The molecular weight excluding hydrogens is 531 g/mol. The summed E-state index contributed by atoms with van der Waals surface area (Å²) in [6.07, 6.45) is 0.212. The number of carbonyl (C=O) groups excluding carboxylic acids is 1. The second-order valence-corrected chi connectivity index (χ2v) is 6.87. The van der Waals surface area contributed by atoms with Gasteiger partial charge in [-0.15, -0.1) is 24.0 Å². The van der Waals surface area contributed by atoms with Crippen molar-refractivity contribution in [1.82, 2.24) is 20.5 Å². The quantitative estimate of drug-likeness (QED) is 0.202. The van der Waals surface area contributed by atoms with Crippen LogP contribution < -0.4 is 16.0 Å². The summed E-state index contributed by atoms with van der Waals surface area (Å²) in [5, 5.41) is 10.1. The van der Waals surface area contributed by atoms with E-state index in [0.29, 0.717) is 42.3 Å². The molecule has 0 unspecified atom stereocenters. The van der Waals surface area contributed by atoms with E-state index in [1.165, 1.54) is 12.1 Å². The van der Waals surface area contributed by atoms with Crippen molar-refractivity contribution in [2.45, 2.75) is 19.9 Å². The van der Waals surface area contributed by atoms with Crippen LogP contribution in [0.4, 0.5) is 4.39 Å². The second kappa shape index (κ2) is 12.9. The molecule has 0 saturated carbocycles. The molecule has 0 fully saturated rings. The number of nitrogens with zero attached hydrogens (tertiary/aromatic N) is 2. The van der Waals surface area contributed by atoms with E-state index in [1.807, 2.05) is 14.0 Å². The van der Waals surface area contributed by atoms with Crippen molar-refractivity contribution in [2.75, 3.05) is 19.6 Å². The summed E-state index contributed by atoms with van der Waals surface area (Å²) in [4.78, 5) is 16.4. The van der Waals surface area contributed by atoms with Gasteiger partial charge in [0.2, 0.25) is 5.91 Å². The van der Waals surface area contributed by atoms with Crippen LogP contribution in [0.15, 0.2) is 35.3 Å². The summed E-state index contributed by atoms with van der Waals surface area (Å²) in [6.45, 7) is 4.03. The Kier molecular flexibility index (Phi) is 11.4. The third-order valence-corrected chi connectivity index (χ3v) is 4.82. The largest absolute Gasteiger partial charge is 0.357 e. The van der Waals surface area contributed by atoms with Crippen LogP contribution in [0, 0.1) is 5.82 Å². The van der Waals surface area contributed by atoms with Crippen molar-refractivity contribution in [3.8, 4) is 0 Å². The number of aliphatic imine (C=N–C) groups is 1. The molecule has 0 bridgehead atoms. The molecule has 160 valence electrons. The number of hydrogen-bond donors (Lipinski definition) is 3. The number of amides is 1. The maximum atomic E-state index is 12.9. The molecule has 1 aromatic carbocycles. The average molecular weight is 556 g/mol. The fourth-order valence-corrected chi connectivity index (χ4v) is 2.89. The number of hydrogen-bond acceptors (Lipinski definition) is 2. The van der Waals surface area contributed by atoms with E-state index in [4.69, 9.17) is 23.2 Å². The number of halogens is 4. The molecule has 0 aliphatic rings. The van der Waals surface area contributed by atoms with Gasteiger partial charge in [-0.2, -0.15) is 0 Å². The highest BCUT2D eigenvalue weighted by molar-refractivity contribution is 14.0. The fourth-order valence-electron chi connectivity index (χ4n) is 2.48. The van der Waals surface area contributed by atoms with Crippen molar-refractivity contribution in [1.29, 1.82) is 0 Å². The van der Waals surface area contributed by atoms with Gasteiger partial charge in [-0.3, -0.25) is 4.79 Å². The lowest BCUT2D eigenvalue weighted by Crippen LogP contribution is -2.41. The van der Waals surface area contributed by atoms with Crippen LogP contribution in [0.5, 0.6) is 0 Å². The van der Waals surface area contributed by atoms with Crippen LogP contribution in [-0.4, -0.2) is 36.1 Å². The minimum Gasteiger partial charge on any atom is -0.357 e. The van der Waals surface area contributed by atoms with Crippen LogP contribution in [0.2, 0.25) is 10.2 Å². The minimum absolute atomic E-state index is 0. The highest BCUT2D eigenvalue weighted by Crippen LogP contribution is 2.25. The van der Waals surface area contributed by atoms with Crippen molar-refractivity contribution in [3.63, 3.8) is 0 Å². The number of carbonyl (C=O) groups is 1. The Bertz CT molecular complexity index is 827. The number of rotatable bonds is 8. The van der Waals surface area contributed by atoms with Gasteiger partial charge < -0.3 is 20.5 Å². The molecular formula is C19H25Cl2FIN5O. The third-order valence-electron chi connectivity index (χ3n) is 3.98. The number of benzene rings is 1. The Morgan fingerprint density at radius 3 is 2.38 bits per heavy atom. The molecule has 29 heavy (non-hydrogen) atoms. The maximum absolute atomic E-state index is 12.9. The van der Waals surface area contributed by atoms with Gasteiger partial charge in [-0.05, 0) is 30.7 Å². The van der Waals surface area contributed by atoms with Crippen molar-refractivity contribution in [2.24, 2.45) is 12.0 Å². The molecule has 6 nitrogen and oxygen atoms in total. The summed E-state index contributed by atoms with van der Waals surface area (Å²) in [5.74, 6) is 0.190. The molecule has 10 heteroatoms. The molecule has 2 rings (SSSR count). The van der Waals surface area contributed by atoms with E-state index in [1.54, 1.807) is 22.8 Å². The smallest absolute Gasteiger partial charge is 0.224 e. The van der Waals surface area contributed by atoms with Crippen LogP contribution in [-0.2, 0) is 24.8 Å². The van der Waals surface area contributed by atoms with E-state index < -0.39 is 0 Å². The molecule has 1 aromatic heterocycles. The van der Waals surface area contributed by atoms with Gasteiger partial charge in [0.25, 0.3) is 0 Å². The fraction of sp³-hybridized carbons (Fsp3) is 0.368. The Balaban J connectivity index is 0.00000420. The van der Waals surface area contributed by atoms with Crippen molar-refractivity contribution < 1.29 is 9.18 Å². The molecule has 0 saturated heterocycles. The maximum Gasteiger partial charge on any atom is 0.224 e. The van der Waals surface area contributed by atoms with Crippen molar-refractivity contribution in [3.05, 3.63) is 57.6 Å². The lowest BCUT2D eigenvalue weighted by molar-refractivity contribution is -0.120. The predicted octanol–water partition coefficient (Wildman–Crippen LogP) is 3.50. The zero-order chi connectivity index (χ0) is 20.5. The zero-order valence-corrected chi connectivity index (χ0v) is 20.1. The Hall–Kier alpha value is -1.52. The standard InChI is InChI=1S/C19H24Cl2FN5O.HI/c1-3-23-19(26-12-15-11-16(20)18(21)27(15)2)25-9-8-24-17(28)10-13-4-6-14(22)7-5-13;/h4-7,11H,3,8-10,12H2,1-2H3,(H,24,28)(H2,23,25,26);1H. The van der Waals surface area contributed by atoms with Gasteiger partial charge in [-0.1, -0.05) is 35.3 Å². The van der Waals surface area contributed by atoms with Crippen LogP contribution >= 0.6 is 47.2 Å². The Morgan fingerprint density at radius 2 is 1.79 bits per heavy atom. The van der Waals surface area contributed by atoms with Crippen LogP contribution in [0.1, 0.15) is 18.2 Å². The summed E-state index contributed by atoms with van der Waals surface area (Å²) in [5.41, 5.74) is 1.65. The monoisotopic (exact) mass is 555 g/mol. The average Bonchev–Trinajstić information content (AvgIpc) is 2.91. The first-order valence-electron chi connectivity index (χ1n) is 8.93. The normalized spacial score (nSPS) is 11.0. The lowest BCUT2D eigenvalue weighted by Gasteiger charge is -2.12. The first-order valence-corrected chi connectivity index (χ1v) is 9.69. The number of aromatic nitrogens is 1.